The molecule has 0 saturated carbocycles. The minimum Gasteiger partial charge on any atom is -0.488 e. The highest BCUT2D eigenvalue weighted by Crippen LogP contribution is 2.46. The minimum absolute atomic E-state index is 0.0251. The molecule has 0 fully saturated rings. The molecule has 3 heterocycles. The summed E-state index contributed by atoms with van der Waals surface area (Å²) < 4.78 is 31.1. The van der Waals surface area contributed by atoms with E-state index in [4.69, 9.17) is 21.2 Å². The topological polar surface area (TPSA) is 173 Å². The quantitative estimate of drug-likeness (QED) is 0.0447. The summed E-state index contributed by atoms with van der Waals surface area (Å²) in [4.78, 5) is 34.7. The SMILES string of the molecule is CCC(=O)NC(N)=NNC1C(c2ccc3cc4ccc(OCC(F)F)cc4nc3c2-c2cc3ccccc3[nH]2)=Cc2ccccc21.NC(=O)c1cccnc1. The Hall–Kier alpha value is -7.15. The van der Waals surface area contributed by atoms with E-state index in [9.17, 15) is 18.4 Å². The first-order valence-corrected chi connectivity index (χ1v) is 17.4. The van der Waals surface area contributed by atoms with Gasteiger partial charge in [0.15, 0.2) is 0 Å². The number of para-hydroxylation sites is 1. The molecule has 7 N–H and O–H groups in total. The molecule has 276 valence electrons. The monoisotopic (exact) mass is 738 g/mol. The predicted octanol–water partition coefficient (Wildman–Crippen LogP) is 7.30. The number of carbonyl (C=O) groups is 2. The first-order valence-electron chi connectivity index (χ1n) is 17.4. The van der Waals surface area contributed by atoms with Crippen LogP contribution < -0.4 is 26.9 Å². The number of fused-ring (bicyclic) bond motifs is 4. The van der Waals surface area contributed by atoms with Crippen molar-refractivity contribution in [3.8, 4) is 17.0 Å². The molecule has 0 aliphatic heterocycles. The molecular weight excluding hydrogens is 703 g/mol. The van der Waals surface area contributed by atoms with Crippen LogP contribution in [0.5, 0.6) is 5.75 Å². The van der Waals surface area contributed by atoms with Gasteiger partial charge in [0.2, 0.25) is 17.8 Å². The Labute approximate surface area is 314 Å². The predicted molar refractivity (Wildman–Crippen MR) is 211 cm³/mol. The van der Waals surface area contributed by atoms with Crippen molar-refractivity contribution in [3.05, 3.63) is 138 Å². The van der Waals surface area contributed by atoms with Gasteiger partial charge in [0.1, 0.15) is 12.4 Å². The zero-order chi connectivity index (χ0) is 38.5. The lowest BCUT2D eigenvalue weighted by molar-refractivity contribution is -0.119. The number of amides is 2. The number of alkyl halides is 2. The number of nitrogens with two attached hydrogens (primary N) is 2. The van der Waals surface area contributed by atoms with Crippen LogP contribution in [0.2, 0.25) is 0 Å². The number of rotatable bonds is 9. The van der Waals surface area contributed by atoms with E-state index in [0.717, 1.165) is 60.7 Å². The number of hydrazone groups is 1. The summed E-state index contributed by atoms with van der Waals surface area (Å²) in [6, 6.07) is 32.4. The minimum atomic E-state index is -2.58. The van der Waals surface area contributed by atoms with Gasteiger partial charge in [-0.05, 0) is 70.8 Å². The van der Waals surface area contributed by atoms with Gasteiger partial charge >= 0.3 is 0 Å². The average molecular weight is 739 g/mol. The van der Waals surface area contributed by atoms with Crippen molar-refractivity contribution in [2.45, 2.75) is 25.8 Å². The highest BCUT2D eigenvalue weighted by Gasteiger charge is 2.29. The Balaban J connectivity index is 0.000000455. The number of carbonyl (C=O) groups excluding carboxylic acids is 2. The fourth-order valence-corrected chi connectivity index (χ4v) is 6.44. The van der Waals surface area contributed by atoms with E-state index in [1.54, 1.807) is 37.4 Å². The van der Waals surface area contributed by atoms with Crippen molar-refractivity contribution >= 4 is 62.1 Å². The lowest BCUT2D eigenvalue weighted by Gasteiger charge is -2.20. The van der Waals surface area contributed by atoms with E-state index in [-0.39, 0.29) is 24.3 Å². The lowest BCUT2D eigenvalue weighted by Crippen LogP contribution is -2.38. The summed E-state index contributed by atoms with van der Waals surface area (Å²) in [5.74, 6) is -0.375. The first-order chi connectivity index (χ1) is 26.7. The molecular formula is C42H36F2N8O3. The van der Waals surface area contributed by atoms with Crippen molar-refractivity contribution in [2.24, 2.45) is 16.6 Å². The fraction of sp³-hybridized carbons (Fsp3) is 0.119. The van der Waals surface area contributed by atoms with Crippen LogP contribution in [0.3, 0.4) is 0 Å². The maximum absolute atomic E-state index is 12.9. The number of pyridine rings is 2. The second kappa shape index (κ2) is 15.8. The number of hydrogen-bond acceptors (Lipinski definition) is 7. The van der Waals surface area contributed by atoms with Gasteiger partial charge in [-0.2, -0.15) is 0 Å². The fourth-order valence-electron chi connectivity index (χ4n) is 6.44. The largest absolute Gasteiger partial charge is 0.488 e. The molecule has 3 aromatic heterocycles. The molecule has 7 aromatic rings. The van der Waals surface area contributed by atoms with Crippen molar-refractivity contribution in [1.82, 2.24) is 25.7 Å². The molecule has 8 rings (SSSR count). The third kappa shape index (κ3) is 7.95. The van der Waals surface area contributed by atoms with Gasteiger partial charge in [-0.15, -0.1) is 5.10 Å². The molecule has 11 nitrogen and oxygen atoms in total. The Bertz CT molecular complexity index is 2570. The summed E-state index contributed by atoms with van der Waals surface area (Å²) in [6.45, 7) is 1.05. The summed E-state index contributed by atoms with van der Waals surface area (Å²) >= 11 is 0. The van der Waals surface area contributed by atoms with Gasteiger partial charge in [-0.3, -0.25) is 25.3 Å². The van der Waals surface area contributed by atoms with E-state index < -0.39 is 18.9 Å². The molecule has 1 unspecified atom stereocenters. The van der Waals surface area contributed by atoms with E-state index in [1.165, 1.54) is 6.20 Å². The van der Waals surface area contributed by atoms with Crippen LogP contribution in [0.25, 0.3) is 55.6 Å². The van der Waals surface area contributed by atoms with Crippen molar-refractivity contribution in [1.29, 1.82) is 0 Å². The van der Waals surface area contributed by atoms with Crippen LogP contribution in [0.1, 0.15) is 46.4 Å². The number of aromatic nitrogens is 3. The first kappa shape index (κ1) is 36.2. The van der Waals surface area contributed by atoms with Gasteiger partial charge in [0, 0.05) is 57.8 Å². The Morgan fingerprint density at radius 2 is 1.73 bits per heavy atom. The van der Waals surface area contributed by atoms with Gasteiger partial charge in [-0.1, -0.05) is 61.5 Å². The lowest BCUT2D eigenvalue weighted by atomic mass is 9.91. The number of halogens is 2. The number of nitrogens with one attached hydrogen (secondary N) is 3. The number of ether oxygens (including phenoxy) is 1. The average Bonchev–Trinajstić information content (AvgIpc) is 3.80. The summed E-state index contributed by atoms with van der Waals surface area (Å²) in [5, 5.41) is 9.73. The number of hydrogen-bond donors (Lipinski definition) is 5. The number of aromatic amines is 1. The van der Waals surface area contributed by atoms with Crippen LogP contribution in [0.15, 0.2) is 121 Å². The second-order valence-electron chi connectivity index (χ2n) is 12.7. The zero-order valence-electron chi connectivity index (χ0n) is 29.6. The summed E-state index contributed by atoms with van der Waals surface area (Å²) in [6.07, 6.45) is 2.84. The van der Waals surface area contributed by atoms with Gasteiger partial charge < -0.3 is 21.2 Å². The third-order valence-corrected chi connectivity index (χ3v) is 9.02. The number of nitrogens with zero attached hydrogens (tertiary/aromatic N) is 3. The Morgan fingerprint density at radius 3 is 2.47 bits per heavy atom. The molecule has 1 aliphatic rings. The van der Waals surface area contributed by atoms with Crippen molar-refractivity contribution in [2.75, 3.05) is 6.61 Å². The Kier molecular flexibility index (Phi) is 10.4. The molecule has 1 aliphatic carbocycles. The normalized spacial score (nSPS) is 13.6. The van der Waals surface area contributed by atoms with Gasteiger partial charge in [0.25, 0.3) is 6.43 Å². The zero-order valence-corrected chi connectivity index (χ0v) is 29.6. The second-order valence-corrected chi connectivity index (χ2v) is 12.7. The van der Waals surface area contributed by atoms with Crippen LogP contribution in [-0.4, -0.2) is 45.8 Å². The number of benzene rings is 4. The smallest absolute Gasteiger partial charge is 0.272 e. The maximum Gasteiger partial charge on any atom is 0.272 e. The van der Waals surface area contributed by atoms with Crippen molar-refractivity contribution in [3.63, 3.8) is 0 Å². The highest BCUT2D eigenvalue weighted by molar-refractivity contribution is 6.08. The molecule has 13 heteroatoms. The summed E-state index contributed by atoms with van der Waals surface area (Å²) in [5.41, 5.74) is 22.6. The number of primary amides is 1. The third-order valence-electron chi connectivity index (χ3n) is 9.02. The molecule has 0 saturated heterocycles. The van der Waals surface area contributed by atoms with E-state index in [1.807, 2.05) is 66.7 Å². The standard InChI is InChI=1S/C36H30F2N6O2.C6H6N2O/c1-2-32(45)42-36(39)44-43-35-25-9-5-3-7-20(25)16-27(35)26-14-12-23-15-22-11-13-24(46-19-31(37)38)18-29(22)41-34(23)33(26)30-17-21-8-4-6-10-28(21)40-30;7-6(9)5-2-1-3-8-4-5/h3-18,31,35,40,43H,2,19H2,1H3,(H3,39,42,44,45);1-4H,(H2,7,9). The summed E-state index contributed by atoms with van der Waals surface area (Å²) in [7, 11) is 0. The number of H-pyrrole nitrogens is 1. The van der Waals surface area contributed by atoms with Crippen LogP contribution in [0.4, 0.5) is 8.78 Å². The van der Waals surface area contributed by atoms with Crippen LogP contribution >= 0.6 is 0 Å². The van der Waals surface area contributed by atoms with Crippen molar-refractivity contribution < 1.29 is 23.1 Å². The molecule has 1 atom stereocenters. The molecule has 2 amide bonds. The molecule has 0 radical (unpaired) electrons. The molecule has 0 bridgehead atoms. The Morgan fingerprint density at radius 1 is 0.927 bits per heavy atom. The molecule has 4 aromatic carbocycles. The van der Waals surface area contributed by atoms with Gasteiger partial charge in [0.05, 0.1) is 22.6 Å². The molecule has 55 heavy (non-hydrogen) atoms. The highest BCUT2D eigenvalue weighted by atomic mass is 19.3. The van der Waals surface area contributed by atoms with Crippen LogP contribution in [-0.2, 0) is 4.79 Å². The molecule has 0 spiro atoms. The van der Waals surface area contributed by atoms with E-state index in [2.05, 4.69) is 44.0 Å². The van der Waals surface area contributed by atoms with Gasteiger partial charge in [-0.25, -0.2) is 13.8 Å². The van der Waals surface area contributed by atoms with Crippen LogP contribution in [0, 0.1) is 0 Å². The number of guanidine groups is 1. The maximum atomic E-state index is 12.9. The van der Waals surface area contributed by atoms with E-state index in [0.29, 0.717) is 16.8 Å². The van der Waals surface area contributed by atoms with E-state index >= 15 is 0 Å².